The molecule has 0 spiro atoms. The number of benzene rings is 1. The summed E-state index contributed by atoms with van der Waals surface area (Å²) >= 11 is 3.40. The molecule has 0 aliphatic carbocycles. The number of pyridine rings is 1. The monoisotopic (exact) mass is 361 g/mol. The summed E-state index contributed by atoms with van der Waals surface area (Å²) in [6.07, 6.45) is 4.42. The van der Waals surface area contributed by atoms with Crippen LogP contribution in [0.15, 0.2) is 53.3 Å². The average molecular weight is 362 g/mol. The van der Waals surface area contributed by atoms with E-state index >= 15 is 0 Å². The highest BCUT2D eigenvalue weighted by molar-refractivity contribution is 9.10. The Morgan fingerprint density at radius 1 is 1.23 bits per heavy atom. The van der Waals surface area contributed by atoms with E-state index < -0.39 is 11.7 Å². The van der Waals surface area contributed by atoms with Crippen molar-refractivity contribution in [2.24, 2.45) is 0 Å². The fraction of sp³-hybridized carbons (Fsp3) is 0.125. The van der Waals surface area contributed by atoms with Crippen molar-refractivity contribution in [3.8, 4) is 0 Å². The Kier molecular flexibility index (Phi) is 4.20. The van der Waals surface area contributed by atoms with Crippen LogP contribution in [0.3, 0.4) is 0 Å². The van der Waals surface area contributed by atoms with E-state index in [0.717, 1.165) is 15.8 Å². The number of nitrogens with one attached hydrogen (secondary N) is 1. The van der Waals surface area contributed by atoms with Gasteiger partial charge in [-0.3, -0.25) is 4.79 Å². The van der Waals surface area contributed by atoms with Crippen LogP contribution in [0.2, 0.25) is 0 Å². The number of fused-ring (bicyclic) bond motifs is 1. The Morgan fingerprint density at radius 2 is 2.05 bits per heavy atom. The summed E-state index contributed by atoms with van der Waals surface area (Å²) in [7, 11) is 0. The maximum absolute atomic E-state index is 13.5. The third-order valence-electron chi connectivity index (χ3n) is 3.25. The first kappa shape index (κ1) is 14.7. The van der Waals surface area contributed by atoms with Gasteiger partial charge in [-0.25, -0.2) is 9.37 Å². The molecule has 0 radical (unpaired) electrons. The van der Waals surface area contributed by atoms with Crippen LogP contribution in [0.5, 0.6) is 0 Å². The van der Waals surface area contributed by atoms with Crippen molar-refractivity contribution < 1.29 is 9.18 Å². The SMILES string of the molecule is O=C(NCCc1cn2cc(Br)ccc2n1)c1ccccc1F. The first-order valence-electron chi connectivity index (χ1n) is 6.79. The summed E-state index contributed by atoms with van der Waals surface area (Å²) in [5.74, 6) is -0.929. The van der Waals surface area contributed by atoms with Gasteiger partial charge in [-0.2, -0.15) is 0 Å². The fourth-order valence-electron chi connectivity index (χ4n) is 2.18. The lowest BCUT2D eigenvalue weighted by Crippen LogP contribution is -2.26. The Labute approximate surface area is 135 Å². The van der Waals surface area contributed by atoms with Gasteiger partial charge in [0.2, 0.25) is 0 Å². The molecule has 0 bridgehead atoms. The average Bonchev–Trinajstić information content (AvgIpc) is 2.89. The molecule has 0 saturated carbocycles. The second kappa shape index (κ2) is 6.27. The molecule has 3 rings (SSSR count). The summed E-state index contributed by atoms with van der Waals surface area (Å²) in [4.78, 5) is 16.3. The van der Waals surface area contributed by atoms with E-state index in [9.17, 15) is 9.18 Å². The second-order valence-corrected chi connectivity index (χ2v) is 5.75. The molecule has 3 aromatic rings. The van der Waals surface area contributed by atoms with Gasteiger partial charge >= 0.3 is 0 Å². The van der Waals surface area contributed by atoms with Crippen LogP contribution >= 0.6 is 15.9 Å². The van der Waals surface area contributed by atoms with Crippen LogP contribution in [0.4, 0.5) is 4.39 Å². The topological polar surface area (TPSA) is 46.4 Å². The van der Waals surface area contributed by atoms with E-state index in [4.69, 9.17) is 0 Å². The van der Waals surface area contributed by atoms with E-state index in [1.807, 2.05) is 28.9 Å². The third-order valence-corrected chi connectivity index (χ3v) is 3.72. The first-order chi connectivity index (χ1) is 10.6. The lowest BCUT2D eigenvalue weighted by atomic mass is 10.2. The minimum Gasteiger partial charge on any atom is -0.352 e. The second-order valence-electron chi connectivity index (χ2n) is 4.83. The van der Waals surface area contributed by atoms with Gasteiger partial charge in [0, 0.05) is 29.8 Å². The molecule has 22 heavy (non-hydrogen) atoms. The van der Waals surface area contributed by atoms with Crippen molar-refractivity contribution in [3.05, 3.63) is 70.3 Å². The molecule has 112 valence electrons. The Hall–Kier alpha value is -2.21. The molecule has 2 aromatic heterocycles. The van der Waals surface area contributed by atoms with Crippen molar-refractivity contribution in [2.75, 3.05) is 6.54 Å². The van der Waals surface area contributed by atoms with Gasteiger partial charge in [0.15, 0.2) is 0 Å². The molecular weight excluding hydrogens is 349 g/mol. The zero-order chi connectivity index (χ0) is 15.5. The Balaban J connectivity index is 1.62. The van der Waals surface area contributed by atoms with Gasteiger partial charge in [-0.05, 0) is 40.2 Å². The lowest BCUT2D eigenvalue weighted by Gasteiger charge is -2.04. The molecule has 1 aromatic carbocycles. The summed E-state index contributed by atoms with van der Waals surface area (Å²) in [6, 6.07) is 9.76. The van der Waals surface area contributed by atoms with E-state index in [0.29, 0.717) is 13.0 Å². The maximum Gasteiger partial charge on any atom is 0.254 e. The number of carbonyl (C=O) groups excluding carboxylic acids is 1. The molecule has 1 amide bonds. The molecule has 4 nitrogen and oxygen atoms in total. The van der Waals surface area contributed by atoms with E-state index in [2.05, 4.69) is 26.2 Å². The van der Waals surface area contributed by atoms with Gasteiger partial charge in [0.05, 0.1) is 11.3 Å². The van der Waals surface area contributed by atoms with Gasteiger partial charge in [0.25, 0.3) is 5.91 Å². The van der Waals surface area contributed by atoms with Crippen LogP contribution in [0.1, 0.15) is 16.1 Å². The summed E-state index contributed by atoms with van der Waals surface area (Å²) < 4.78 is 16.4. The number of nitrogens with zero attached hydrogens (tertiary/aromatic N) is 2. The largest absolute Gasteiger partial charge is 0.352 e. The smallest absolute Gasteiger partial charge is 0.254 e. The number of amides is 1. The predicted octanol–water partition coefficient (Wildman–Crippen LogP) is 3.21. The summed E-state index contributed by atoms with van der Waals surface area (Å²) in [6.45, 7) is 0.401. The molecule has 6 heteroatoms. The van der Waals surface area contributed by atoms with Crippen LogP contribution in [-0.2, 0) is 6.42 Å². The van der Waals surface area contributed by atoms with Crippen molar-refractivity contribution >= 4 is 27.5 Å². The molecule has 0 aliphatic rings. The van der Waals surface area contributed by atoms with Crippen LogP contribution < -0.4 is 5.32 Å². The Bertz CT molecular complexity index is 831. The minimum atomic E-state index is -0.516. The maximum atomic E-state index is 13.5. The van der Waals surface area contributed by atoms with Crippen molar-refractivity contribution in [1.29, 1.82) is 0 Å². The zero-order valence-electron chi connectivity index (χ0n) is 11.6. The first-order valence-corrected chi connectivity index (χ1v) is 7.58. The normalized spacial score (nSPS) is 10.8. The standard InChI is InChI=1S/C16H13BrFN3O/c17-11-5-6-15-20-12(10-21(15)9-11)7-8-19-16(22)13-3-1-2-4-14(13)18/h1-6,9-10H,7-8H2,(H,19,22). The van der Waals surface area contributed by atoms with E-state index in [-0.39, 0.29) is 5.56 Å². The number of halogens is 2. The van der Waals surface area contributed by atoms with Gasteiger partial charge in [-0.1, -0.05) is 12.1 Å². The van der Waals surface area contributed by atoms with Gasteiger partial charge < -0.3 is 9.72 Å². The number of imidazole rings is 1. The molecule has 0 saturated heterocycles. The zero-order valence-corrected chi connectivity index (χ0v) is 13.2. The predicted molar refractivity (Wildman–Crippen MR) is 85.3 cm³/mol. The van der Waals surface area contributed by atoms with Crippen molar-refractivity contribution in [2.45, 2.75) is 6.42 Å². The fourth-order valence-corrected chi connectivity index (χ4v) is 2.54. The van der Waals surface area contributed by atoms with Crippen LogP contribution in [-0.4, -0.2) is 21.8 Å². The molecule has 0 fully saturated rings. The highest BCUT2D eigenvalue weighted by Crippen LogP contribution is 2.12. The van der Waals surface area contributed by atoms with E-state index in [1.54, 1.807) is 12.1 Å². The number of hydrogen-bond acceptors (Lipinski definition) is 2. The van der Waals surface area contributed by atoms with Crippen LogP contribution in [0, 0.1) is 5.82 Å². The quantitative estimate of drug-likeness (QED) is 0.775. The van der Waals surface area contributed by atoms with Crippen molar-refractivity contribution in [3.63, 3.8) is 0 Å². The van der Waals surface area contributed by atoms with Crippen LogP contribution in [0.25, 0.3) is 5.65 Å². The number of hydrogen-bond donors (Lipinski definition) is 1. The molecular formula is C16H13BrFN3O. The van der Waals surface area contributed by atoms with Gasteiger partial charge in [0.1, 0.15) is 11.5 Å². The Morgan fingerprint density at radius 3 is 2.86 bits per heavy atom. The summed E-state index contributed by atoms with van der Waals surface area (Å²) in [5.41, 5.74) is 1.77. The van der Waals surface area contributed by atoms with E-state index in [1.165, 1.54) is 12.1 Å². The molecule has 0 aliphatic heterocycles. The molecule has 1 N–H and O–H groups in total. The summed E-state index contributed by atoms with van der Waals surface area (Å²) in [5, 5.41) is 2.71. The molecule has 0 unspecified atom stereocenters. The highest BCUT2D eigenvalue weighted by Gasteiger charge is 2.10. The third kappa shape index (κ3) is 3.17. The minimum absolute atomic E-state index is 0.0569. The van der Waals surface area contributed by atoms with Gasteiger partial charge in [-0.15, -0.1) is 0 Å². The molecule has 0 atom stereocenters. The van der Waals surface area contributed by atoms with Crippen molar-refractivity contribution in [1.82, 2.24) is 14.7 Å². The number of aromatic nitrogens is 2. The molecule has 2 heterocycles. The number of carbonyl (C=O) groups is 1. The highest BCUT2D eigenvalue weighted by atomic mass is 79.9. The lowest BCUT2D eigenvalue weighted by molar-refractivity contribution is 0.0950. The number of rotatable bonds is 4.